The molecule has 6 rings (SSSR count). The van der Waals surface area contributed by atoms with Gasteiger partial charge in [0.1, 0.15) is 5.60 Å². The molecule has 10 nitrogen and oxygen atoms in total. The molecule has 16 heteroatoms. The fraction of sp³-hybridized carbons (Fsp3) is 0.683. The van der Waals surface area contributed by atoms with Gasteiger partial charge in [-0.05, 0) is 81.8 Å². The van der Waals surface area contributed by atoms with Gasteiger partial charge in [-0.25, -0.2) is 4.79 Å². The van der Waals surface area contributed by atoms with Crippen molar-refractivity contribution in [1.29, 1.82) is 0 Å². The van der Waals surface area contributed by atoms with Crippen LogP contribution in [0.4, 0.5) is 42.5 Å². The molecule has 0 bridgehead atoms. The monoisotopic (exact) mass is 814 g/mol. The van der Waals surface area contributed by atoms with Gasteiger partial charge in [-0.1, -0.05) is 12.1 Å². The number of nitrogens with zero attached hydrogens (tertiary/aromatic N) is 5. The molecule has 320 valence electrons. The largest absolute Gasteiger partial charge is 0.444 e. The number of piperidine rings is 2. The van der Waals surface area contributed by atoms with E-state index in [1.165, 1.54) is 18.2 Å². The van der Waals surface area contributed by atoms with Crippen LogP contribution in [-0.2, 0) is 39.7 Å². The molecule has 0 spiro atoms. The van der Waals surface area contributed by atoms with Crippen LogP contribution in [0, 0.1) is 0 Å². The molecule has 0 unspecified atom stereocenters. The van der Waals surface area contributed by atoms with E-state index < -0.39 is 29.1 Å². The first-order valence-corrected chi connectivity index (χ1v) is 20.0. The number of carbonyl (C=O) groups is 1. The van der Waals surface area contributed by atoms with E-state index in [1.54, 1.807) is 31.3 Å². The first kappa shape index (κ1) is 44.8. The quantitative estimate of drug-likeness (QED) is 0.281. The molecule has 57 heavy (non-hydrogen) atoms. The molecule has 4 aliphatic heterocycles. The Kier molecular flexibility index (Phi) is 15.4. The van der Waals surface area contributed by atoms with Gasteiger partial charge >= 0.3 is 18.4 Å². The molecule has 0 atom stereocenters. The second-order valence-electron chi connectivity index (χ2n) is 16.3. The zero-order chi connectivity index (χ0) is 41.4. The summed E-state index contributed by atoms with van der Waals surface area (Å²) in [5.41, 5.74) is 1.48. The Hall–Kier alpha value is -3.31. The Bertz CT molecular complexity index is 1570. The van der Waals surface area contributed by atoms with E-state index in [-0.39, 0.29) is 18.3 Å². The highest BCUT2D eigenvalue weighted by molar-refractivity contribution is 5.68. The number of hydrogen-bond acceptors (Lipinski definition) is 9. The minimum absolute atomic E-state index is 0.154. The van der Waals surface area contributed by atoms with Crippen LogP contribution in [-0.4, -0.2) is 131 Å². The minimum Gasteiger partial charge on any atom is -0.444 e. The van der Waals surface area contributed by atoms with Crippen LogP contribution in [0.15, 0.2) is 36.4 Å². The van der Waals surface area contributed by atoms with Crippen LogP contribution in [0.5, 0.6) is 0 Å². The predicted molar refractivity (Wildman–Crippen MR) is 209 cm³/mol. The van der Waals surface area contributed by atoms with Gasteiger partial charge in [-0.15, -0.1) is 0 Å². The number of piperazine rings is 2. The molecule has 4 saturated heterocycles. The van der Waals surface area contributed by atoms with Gasteiger partial charge < -0.3 is 34.2 Å². The molecule has 4 fully saturated rings. The molecule has 2 aromatic carbocycles. The Morgan fingerprint density at radius 1 is 0.632 bits per heavy atom. The van der Waals surface area contributed by atoms with Gasteiger partial charge in [-0.2, -0.15) is 26.3 Å². The smallest absolute Gasteiger partial charge is 0.416 e. The summed E-state index contributed by atoms with van der Waals surface area (Å²) < 4.78 is 95.9. The lowest BCUT2D eigenvalue weighted by molar-refractivity contribution is -0.138. The number of halogens is 6. The topological polar surface area (TPSA) is 73.0 Å². The van der Waals surface area contributed by atoms with Gasteiger partial charge in [0.2, 0.25) is 0 Å². The molecule has 0 aromatic heterocycles. The molecule has 4 heterocycles. The van der Waals surface area contributed by atoms with Crippen LogP contribution in [0.1, 0.15) is 68.7 Å². The lowest BCUT2D eigenvalue weighted by Crippen LogP contribution is -2.49. The number of hydrogen-bond donors (Lipinski definition) is 1. The number of benzene rings is 2. The van der Waals surface area contributed by atoms with Crippen molar-refractivity contribution in [3.8, 4) is 0 Å². The SMILES string of the molecule is COC1CCN(c2cc(C(F)(F)F)ccc2CN2CCN(C(=O)OC(C)(C)C)CC2)CC1.COC1CCN(c2cc(C(F)(F)F)ccc2CN2CCNCC2)CC1. The molecular weight excluding hydrogens is 754 g/mol. The lowest BCUT2D eigenvalue weighted by atomic mass is 10.0. The molecule has 1 N–H and O–H groups in total. The molecule has 0 saturated carbocycles. The lowest BCUT2D eigenvalue weighted by Gasteiger charge is -2.37. The normalized spacial score (nSPS) is 20.0. The van der Waals surface area contributed by atoms with Crippen LogP contribution < -0.4 is 15.1 Å². The number of methoxy groups -OCH3 is 2. The summed E-state index contributed by atoms with van der Waals surface area (Å²) >= 11 is 0. The first-order chi connectivity index (χ1) is 26.9. The molecule has 0 aliphatic carbocycles. The highest BCUT2D eigenvalue weighted by atomic mass is 19.4. The van der Waals surface area contributed by atoms with Crippen LogP contribution in [0.25, 0.3) is 0 Å². The second-order valence-corrected chi connectivity index (χ2v) is 16.3. The Labute approximate surface area is 333 Å². The van der Waals surface area contributed by atoms with Crippen molar-refractivity contribution in [1.82, 2.24) is 20.0 Å². The van der Waals surface area contributed by atoms with Crippen molar-refractivity contribution >= 4 is 17.5 Å². The molecule has 4 aliphatic rings. The number of anilines is 2. The number of ether oxygens (including phenoxy) is 3. The molecule has 0 radical (unpaired) electrons. The summed E-state index contributed by atoms with van der Waals surface area (Å²) in [6, 6.07) is 8.23. The Morgan fingerprint density at radius 3 is 1.40 bits per heavy atom. The number of carbonyl (C=O) groups excluding carboxylic acids is 1. The zero-order valence-electron chi connectivity index (χ0n) is 34.0. The number of rotatable bonds is 8. The van der Waals surface area contributed by atoms with Crippen molar-refractivity contribution in [3.63, 3.8) is 0 Å². The van der Waals surface area contributed by atoms with Gasteiger partial charge in [0.05, 0.1) is 23.3 Å². The molecule has 2 aromatic rings. The van der Waals surface area contributed by atoms with E-state index in [1.807, 2.05) is 25.7 Å². The van der Waals surface area contributed by atoms with E-state index in [9.17, 15) is 31.1 Å². The fourth-order valence-corrected chi connectivity index (χ4v) is 7.77. The summed E-state index contributed by atoms with van der Waals surface area (Å²) in [6.07, 6.45) is -5.38. The number of nitrogens with one attached hydrogen (secondary N) is 1. The number of amides is 1. The van der Waals surface area contributed by atoms with E-state index in [4.69, 9.17) is 14.2 Å². The van der Waals surface area contributed by atoms with Gasteiger partial charge in [0.25, 0.3) is 0 Å². The summed E-state index contributed by atoms with van der Waals surface area (Å²) in [4.78, 5) is 22.6. The Morgan fingerprint density at radius 2 is 1.04 bits per heavy atom. The highest BCUT2D eigenvalue weighted by Crippen LogP contribution is 2.37. The third kappa shape index (κ3) is 13.1. The van der Waals surface area contributed by atoms with E-state index in [0.717, 1.165) is 87.8 Å². The van der Waals surface area contributed by atoms with Crippen molar-refractivity contribution in [3.05, 3.63) is 58.7 Å². The van der Waals surface area contributed by atoms with E-state index >= 15 is 0 Å². The highest BCUT2D eigenvalue weighted by Gasteiger charge is 2.34. The average molecular weight is 815 g/mol. The van der Waals surface area contributed by atoms with Crippen LogP contribution in [0.2, 0.25) is 0 Å². The molecular formula is C41H60F6N6O4. The van der Waals surface area contributed by atoms with Gasteiger partial charge in [-0.3, -0.25) is 9.80 Å². The van der Waals surface area contributed by atoms with Gasteiger partial charge in [0.15, 0.2) is 0 Å². The fourth-order valence-electron chi connectivity index (χ4n) is 7.77. The van der Waals surface area contributed by atoms with Crippen molar-refractivity contribution in [2.75, 3.05) is 103 Å². The maximum Gasteiger partial charge on any atom is 0.416 e. The minimum atomic E-state index is -4.38. The average Bonchev–Trinajstić information content (AvgIpc) is 3.18. The van der Waals surface area contributed by atoms with Crippen molar-refractivity contribution in [2.24, 2.45) is 0 Å². The first-order valence-electron chi connectivity index (χ1n) is 20.0. The zero-order valence-corrected chi connectivity index (χ0v) is 34.0. The maximum atomic E-state index is 13.4. The van der Waals surface area contributed by atoms with E-state index in [0.29, 0.717) is 58.0 Å². The maximum absolute atomic E-state index is 13.4. The number of alkyl halides is 6. The third-order valence-corrected chi connectivity index (χ3v) is 11.1. The van der Waals surface area contributed by atoms with Crippen molar-refractivity contribution < 1.29 is 45.3 Å². The summed E-state index contributed by atoms with van der Waals surface area (Å²) in [7, 11) is 3.37. The van der Waals surface area contributed by atoms with Crippen LogP contribution >= 0.6 is 0 Å². The second kappa shape index (κ2) is 19.6. The molecule has 1 amide bonds. The van der Waals surface area contributed by atoms with E-state index in [2.05, 4.69) is 20.0 Å². The summed E-state index contributed by atoms with van der Waals surface area (Å²) in [5, 5.41) is 3.30. The predicted octanol–water partition coefficient (Wildman–Crippen LogP) is 7.10. The summed E-state index contributed by atoms with van der Waals surface area (Å²) in [5.74, 6) is 0. The van der Waals surface area contributed by atoms with Crippen molar-refractivity contribution in [2.45, 2.75) is 89.7 Å². The van der Waals surface area contributed by atoms with Gasteiger partial charge in [0, 0.05) is 117 Å². The van der Waals surface area contributed by atoms with Crippen LogP contribution in [0.3, 0.4) is 0 Å². The Balaban J connectivity index is 0.000000224. The third-order valence-electron chi connectivity index (χ3n) is 11.1. The standard InChI is InChI=1S/C23H34F3N3O3.C18H26F3N3O/c1-22(2,3)32-21(30)29-13-11-27(12-14-29)16-17-5-6-18(23(24,25)26)15-20(17)28-9-7-19(31-4)8-10-28;1-25-16-4-8-24(9-5-16)17-12-15(18(19,20)21)3-2-14(17)13-23-10-6-22-7-11-23/h5-6,15,19H,7-14,16H2,1-4H3;2-3,12,16,22H,4-11,13H2,1H3. The summed E-state index contributed by atoms with van der Waals surface area (Å²) in [6.45, 7) is 15.6.